The summed E-state index contributed by atoms with van der Waals surface area (Å²) in [5.41, 5.74) is 7.28. The molecule has 9 nitrogen and oxygen atoms in total. The van der Waals surface area contributed by atoms with Gasteiger partial charge >= 0.3 is 0 Å². The summed E-state index contributed by atoms with van der Waals surface area (Å²) in [7, 11) is 1.65. The van der Waals surface area contributed by atoms with Crippen LogP contribution in [-0.2, 0) is 13.1 Å². The van der Waals surface area contributed by atoms with E-state index in [1.807, 2.05) is 72.2 Å². The standard InChI is InChI=1S/C33H30N6O3/c1-4-42-33-34-30-11-7-10-27(22(2)40)31(30)38(33)20-23-12-16-25(17-13-23)28-8-5-6-9-29(28)32-35-36-37-39(32)21-24-14-18-26(41-3)19-15-24/h5-19H,4,20-21H2,1-3H3. The first kappa shape index (κ1) is 26.9. The molecule has 0 amide bonds. The van der Waals surface area contributed by atoms with Crippen molar-refractivity contribution in [3.63, 3.8) is 0 Å². The second-order valence-corrected chi connectivity index (χ2v) is 9.89. The van der Waals surface area contributed by atoms with E-state index >= 15 is 0 Å². The number of aromatic nitrogens is 6. The Morgan fingerprint density at radius 3 is 2.26 bits per heavy atom. The molecular weight excluding hydrogens is 528 g/mol. The summed E-state index contributed by atoms with van der Waals surface area (Å²) < 4.78 is 14.9. The fourth-order valence-electron chi connectivity index (χ4n) is 5.14. The van der Waals surface area contributed by atoms with Gasteiger partial charge in [0.1, 0.15) is 5.75 Å². The fraction of sp³-hybridized carbons (Fsp3) is 0.182. The van der Waals surface area contributed by atoms with Crippen molar-refractivity contribution >= 4 is 16.8 Å². The molecule has 4 aromatic carbocycles. The molecular formula is C33H30N6O3. The van der Waals surface area contributed by atoms with E-state index in [1.165, 1.54) is 0 Å². The molecule has 0 aliphatic heterocycles. The van der Waals surface area contributed by atoms with Gasteiger partial charge in [0.05, 0.1) is 37.8 Å². The van der Waals surface area contributed by atoms with E-state index in [9.17, 15) is 4.79 Å². The van der Waals surface area contributed by atoms with Gasteiger partial charge in [-0.2, -0.15) is 4.98 Å². The molecule has 0 spiro atoms. The lowest BCUT2D eigenvalue weighted by Gasteiger charge is -2.13. The van der Waals surface area contributed by atoms with Crippen molar-refractivity contribution < 1.29 is 14.3 Å². The van der Waals surface area contributed by atoms with Gasteiger partial charge in [0.25, 0.3) is 6.01 Å². The number of imidazole rings is 1. The van der Waals surface area contributed by atoms with E-state index in [1.54, 1.807) is 18.7 Å². The first-order valence-electron chi connectivity index (χ1n) is 13.8. The Hall–Kier alpha value is -5.31. The number of para-hydroxylation sites is 1. The average Bonchev–Trinajstić information content (AvgIpc) is 3.62. The minimum Gasteiger partial charge on any atom is -0.497 e. The number of hydrogen-bond acceptors (Lipinski definition) is 7. The minimum absolute atomic E-state index is 0.00826. The summed E-state index contributed by atoms with van der Waals surface area (Å²) in [5, 5.41) is 12.6. The van der Waals surface area contributed by atoms with Gasteiger partial charge in [-0.25, -0.2) is 4.68 Å². The van der Waals surface area contributed by atoms with E-state index in [-0.39, 0.29) is 5.78 Å². The normalized spacial score (nSPS) is 11.1. The van der Waals surface area contributed by atoms with Crippen molar-refractivity contribution in [2.45, 2.75) is 26.9 Å². The van der Waals surface area contributed by atoms with Crippen molar-refractivity contribution in [2.24, 2.45) is 0 Å². The molecule has 0 radical (unpaired) electrons. The smallest absolute Gasteiger partial charge is 0.297 e. The van der Waals surface area contributed by atoms with Crippen LogP contribution in [0.4, 0.5) is 0 Å². The molecule has 9 heteroatoms. The molecule has 210 valence electrons. The molecule has 0 fully saturated rings. The highest BCUT2D eigenvalue weighted by atomic mass is 16.5. The molecule has 0 bridgehead atoms. The number of nitrogens with zero attached hydrogens (tertiary/aromatic N) is 6. The quantitative estimate of drug-likeness (QED) is 0.189. The molecule has 0 aliphatic rings. The lowest BCUT2D eigenvalue weighted by Crippen LogP contribution is -2.07. The van der Waals surface area contributed by atoms with E-state index in [0.29, 0.717) is 37.1 Å². The summed E-state index contributed by atoms with van der Waals surface area (Å²) in [6.07, 6.45) is 0. The van der Waals surface area contributed by atoms with E-state index in [0.717, 1.165) is 44.6 Å². The Morgan fingerprint density at radius 2 is 1.55 bits per heavy atom. The third-order valence-corrected chi connectivity index (χ3v) is 7.18. The maximum atomic E-state index is 12.4. The van der Waals surface area contributed by atoms with Crippen LogP contribution in [-0.4, -0.2) is 49.3 Å². The summed E-state index contributed by atoms with van der Waals surface area (Å²) in [4.78, 5) is 17.1. The van der Waals surface area contributed by atoms with Crippen LogP contribution >= 0.6 is 0 Å². The lowest BCUT2D eigenvalue weighted by atomic mass is 9.98. The van der Waals surface area contributed by atoms with Crippen molar-refractivity contribution in [3.05, 3.63) is 108 Å². The third kappa shape index (κ3) is 5.24. The topological polar surface area (TPSA) is 97.0 Å². The van der Waals surface area contributed by atoms with Crippen LogP contribution in [0.5, 0.6) is 11.8 Å². The minimum atomic E-state index is -0.00826. The maximum absolute atomic E-state index is 12.4. The largest absolute Gasteiger partial charge is 0.497 e. The van der Waals surface area contributed by atoms with Crippen molar-refractivity contribution in [1.82, 2.24) is 29.8 Å². The zero-order valence-corrected chi connectivity index (χ0v) is 23.7. The van der Waals surface area contributed by atoms with Crippen molar-refractivity contribution in [3.8, 4) is 34.3 Å². The first-order valence-corrected chi connectivity index (χ1v) is 13.8. The van der Waals surface area contributed by atoms with Gasteiger partial charge in [0.2, 0.25) is 0 Å². The lowest BCUT2D eigenvalue weighted by molar-refractivity contribution is 0.101. The highest BCUT2D eigenvalue weighted by molar-refractivity contribution is 6.05. The predicted octanol–water partition coefficient (Wildman–Crippen LogP) is 6.06. The molecule has 6 aromatic rings. The van der Waals surface area contributed by atoms with E-state index < -0.39 is 0 Å². The van der Waals surface area contributed by atoms with Gasteiger partial charge in [-0.15, -0.1) is 5.10 Å². The van der Waals surface area contributed by atoms with Crippen LogP contribution in [0.25, 0.3) is 33.5 Å². The van der Waals surface area contributed by atoms with Crippen LogP contribution in [0, 0.1) is 0 Å². The van der Waals surface area contributed by atoms with Crippen LogP contribution in [0.3, 0.4) is 0 Å². The Labute approximate surface area is 243 Å². The molecule has 6 rings (SSSR count). The summed E-state index contributed by atoms with van der Waals surface area (Å²) in [6.45, 7) is 5.02. The molecule has 0 saturated heterocycles. The summed E-state index contributed by atoms with van der Waals surface area (Å²) >= 11 is 0. The zero-order valence-electron chi connectivity index (χ0n) is 23.7. The number of ether oxygens (including phenoxy) is 2. The maximum Gasteiger partial charge on any atom is 0.297 e. The highest BCUT2D eigenvalue weighted by Crippen LogP contribution is 2.32. The number of carbonyl (C=O) groups excluding carboxylic acids is 1. The van der Waals surface area contributed by atoms with Crippen LogP contribution in [0.2, 0.25) is 0 Å². The third-order valence-electron chi connectivity index (χ3n) is 7.18. The summed E-state index contributed by atoms with van der Waals surface area (Å²) in [6, 6.07) is 30.5. The number of fused-ring (bicyclic) bond motifs is 1. The van der Waals surface area contributed by atoms with Gasteiger partial charge in [-0.1, -0.05) is 66.7 Å². The molecule has 0 N–H and O–H groups in total. The SMILES string of the molecule is CCOc1nc2cccc(C(C)=O)c2n1Cc1ccc(-c2ccccc2-c2nnnn2Cc2ccc(OC)cc2)cc1. The molecule has 0 aliphatic carbocycles. The molecule has 42 heavy (non-hydrogen) atoms. The molecule has 0 unspecified atom stereocenters. The van der Waals surface area contributed by atoms with E-state index in [4.69, 9.17) is 9.47 Å². The number of benzene rings is 4. The Morgan fingerprint density at radius 1 is 0.833 bits per heavy atom. The van der Waals surface area contributed by atoms with Crippen molar-refractivity contribution in [2.75, 3.05) is 13.7 Å². The number of ketones is 1. The Bertz CT molecular complexity index is 1860. The first-order chi connectivity index (χ1) is 20.6. The number of Topliss-reactive ketones (excluding diaryl/α,β-unsaturated/α-hetero) is 1. The molecule has 2 aromatic heterocycles. The van der Waals surface area contributed by atoms with Gasteiger partial charge in [-0.05, 0) is 70.8 Å². The number of methoxy groups -OCH3 is 1. The zero-order chi connectivity index (χ0) is 29.1. The van der Waals surface area contributed by atoms with Crippen molar-refractivity contribution in [1.29, 1.82) is 0 Å². The van der Waals surface area contributed by atoms with Crippen LogP contribution < -0.4 is 9.47 Å². The average molecular weight is 559 g/mol. The van der Waals surface area contributed by atoms with Gasteiger partial charge in [0, 0.05) is 11.1 Å². The van der Waals surface area contributed by atoms with Crippen LogP contribution in [0.15, 0.2) is 91.0 Å². The number of rotatable bonds is 10. The second-order valence-electron chi connectivity index (χ2n) is 9.89. The van der Waals surface area contributed by atoms with Gasteiger partial charge in [0.15, 0.2) is 11.6 Å². The second kappa shape index (κ2) is 11.7. The van der Waals surface area contributed by atoms with Gasteiger partial charge in [-0.3, -0.25) is 9.36 Å². The monoisotopic (exact) mass is 558 g/mol. The Balaban J connectivity index is 1.31. The Kier molecular flexibility index (Phi) is 7.47. The fourth-order valence-corrected chi connectivity index (χ4v) is 5.14. The van der Waals surface area contributed by atoms with Gasteiger partial charge < -0.3 is 9.47 Å². The number of tetrazole rings is 1. The number of carbonyl (C=O) groups is 1. The predicted molar refractivity (Wildman–Crippen MR) is 161 cm³/mol. The summed E-state index contributed by atoms with van der Waals surface area (Å²) in [5.74, 6) is 1.48. The molecule has 0 saturated carbocycles. The number of hydrogen-bond donors (Lipinski definition) is 0. The highest BCUT2D eigenvalue weighted by Gasteiger charge is 2.18. The molecule has 0 atom stereocenters. The van der Waals surface area contributed by atoms with Crippen LogP contribution in [0.1, 0.15) is 35.3 Å². The van der Waals surface area contributed by atoms with E-state index in [2.05, 4.69) is 50.8 Å². The molecule has 2 heterocycles.